The Balaban J connectivity index is 0.00000648. The summed E-state index contributed by atoms with van der Waals surface area (Å²) in [6.07, 6.45) is 0. The van der Waals surface area contributed by atoms with Crippen molar-refractivity contribution in [1.82, 2.24) is 0 Å². The topological polar surface area (TPSA) is 66.8 Å². The fourth-order valence-corrected chi connectivity index (χ4v) is 5.25. The summed E-state index contributed by atoms with van der Waals surface area (Å²) in [4.78, 5) is 20.2. The minimum Gasteiger partial charge on any atom is -1.00 e. The van der Waals surface area contributed by atoms with Gasteiger partial charge in [-0.1, -0.05) is 119 Å². The molecule has 0 radical (unpaired) electrons. The normalized spacial score (nSPS) is 14.0. The van der Waals surface area contributed by atoms with Crippen molar-refractivity contribution in [2.75, 3.05) is 0 Å². The first kappa shape index (κ1) is 33.2. The maximum Gasteiger partial charge on any atom is 1.00 e. The Labute approximate surface area is 233 Å². The van der Waals surface area contributed by atoms with Crippen molar-refractivity contribution in [3.8, 4) is 0 Å². The molecule has 0 aliphatic heterocycles. The summed E-state index contributed by atoms with van der Waals surface area (Å²) >= 11 is 0. The molecule has 6 heteroatoms. The van der Waals surface area contributed by atoms with Crippen LogP contribution >= 0.6 is 7.82 Å². The average molecular weight is 511 g/mol. The van der Waals surface area contributed by atoms with Crippen molar-refractivity contribution in [1.29, 1.82) is 0 Å². The quantitative estimate of drug-likeness (QED) is 0.429. The van der Waals surface area contributed by atoms with Crippen LogP contribution in [0, 0.1) is 0 Å². The van der Waals surface area contributed by atoms with Gasteiger partial charge in [-0.3, -0.25) is 4.52 Å². The van der Waals surface area contributed by atoms with Gasteiger partial charge in [0.2, 0.25) is 0 Å². The molecule has 2 rings (SSSR count). The summed E-state index contributed by atoms with van der Waals surface area (Å²) in [6, 6.07) is 12.5. The molecule has 0 amide bonds. The Bertz CT molecular complexity index is 1050. The van der Waals surface area contributed by atoms with Gasteiger partial charge in [0, 0.05) is 0 Å². The van der Waals surface area contributed by atoms with Crippen molar-refractivity contribution in [3.63, 3.8) is 0 Å². The maximum absolute atomic E-state index is 12.4. The molecule has 0 fully saturated rings. The Hall–Kier alpha value is -0.853. The van der Waals surface area contributed by atoms with Gasteiger partial charge in [0.05, 0.1) is 0 Å². The van der Waals surface area contributed by atoms with Crippen molar-refractivity contribution < 1.29 is 39.2 Å². The molecule has 0 saturated carbocycles. The van der Waals surface area contributed by atoms with E-state index in [1.807, 2.05) is 12.1 Å². The van der Waals surface area contributed by atoms with Crippen molar-refractivity contribution >= 4 is 7.82 Å². The Morgan fingerprint density at radius 1 is 0.583 bits per heavy atom. The van der Waals surface area contributed by atoms with Gasteiger partial charge in [-0.25, -0.2) is 4.57 Å². The molecular weight excluding hydrogens is 462 g/mol. The summed E-state index contributed by atoms with van der Waals surface area (Å²) in [6.45, 7) is 27.6. The van der Waals surface area contributed by atoms with E-state index in [9.17, 15) is 14.4 Å². The zero-order valence-corrected chi connectivity index (χ0v) is 26.0. The van der Waals surface area contributed by atoms with E-state index in [0.717, 1.165) is 22.3 Å². The predicted molar refractivity (Wildman–Crippen MR) is 148 cm³/mol. The summed E-state index contributed by atoms with van der Waals surface area (Å²) in [5, 5.41) is 0. The van der Waals surface area contributed by atoms with E-state index in [1.165, 1.54) is 11.1 Å². The minimum atomic E-state index is -4.85. The Morgan fingerprint density at radius 3 is 1.11 bits per heavy atom. The second kappa shape index (κ2) is 10.4. The predicted octanol–water partition coefficient (Wildman–Crippen LogP) is 5.37. The molecule has 4 nitrogen and oxygen atoms in total. The zero-order chi connectivity index (χ0) is 27.4. The molecule has 2 aromatic rings. The standard InChI is InChI=1S/C30H47O4P.Li.H/c1-26(2,3)20-14-16-22(24(18-20)28(7,8)9)30(13,34-35(31,32)33)23-17-15-21(27(4,5)6)19-25(23)29(10,11)12;;/h14-19H,1-13H3,(H2,31,32,33);;/q;+1;-1. The third kappa shape index (κ3) is 7.60. The third-order valence-corrected chi connectivity index (χ3v) is 7.32. The number of phosphoric acid groups is 1. The number of rotatable bonds is 4. The molecule has 0 aliphatic rings. The van der Waals surface area contributed by atoms with Gasteiger partial charge in [0.1, 0.15) is 5.60 Å². The number of hydrogen-bond acceptors (Lipinski definition) is 2. The van der Waals surface area contributed by atoms with E-state index in [2.05, 4.69) is 107 Å². The van der Waals surface area contributed by atoms with E-state index in [-0.39, 0.29) is 41.9 Å². The fraction of sp³-hybridized carbons (Fsp3) is 0.600. The maximum atomic E-state index is 12.4. The zero-order valence-electron chi connectivity index (χ0n) is 26.1. The van der Waals surface area contributed by atoms with Crippen molar-refractivity contribution in [2.24, 2.45) is 0 Å². The van der Waals surface area contributed by atoms with Crippen LogP contribution in [0.15, 0.2) is 36.4 Å². The number of hydrogen-bond donors (Lipinski definition) is 2. The smallest absolute Gasteiger partial charge is 1.00 e. The van der Waals surface area contributed by atoms with Crippen LogP contribution in [-0.2, 0) is 36.3 Å². The molecule has 0 unspecified atom stereocenters. The number of benzene rings is 2. The molecule has 36 heavy (non-hydrogen) atoms. The van der Waals surface area contributed by atoms with Crippen LogP contribution in [0.25, 0.3) is 0 Å². The molecule has 0 saturated heterocycles. The van der Waals surface area contributed by atoms with Gasteiger partial charge < -0.3 is 11.2 Å². The van der Waals surface area contributed by atoms with Crippen LogP contribution in [-0.4, -0.2) is 9.79 Å². The molecule has 2 N–H and O–H groups in total. The van der Waals surface area contributed by atoms with Gasteiger partial charge in [0.25, 0.3) is 0 Å². The van der Waals surface area contributed by atoms with Crippen LogP contribution in [0.4, 0.5) is 0 Å². The molecule has 0 aliphatic carbocycles. The van der Waals surface area contributed by atoms with E-state index < -0.39 is 13.4 Å². The fourth-order valence-electron chi connectivity index (χ4n) is 4.58. The molecule has 0 atom stereocenters. The molecule has 2 aromatic carbocycles. The van der Waals surface area contributed by atoms with Crippen LogP contribution < -0.4 is 18.9 Å². The minimum absolute atomic E-state index is 0. The summed E-state index contributed by atoms with van der Waals surface area (Å²) in [5.74, 6) is 0. The third-order valence-electron chi connectivity index (χ3n) is 6.72. The summed E-state index contributed by atoms with van der Waals surface area (Å²) in [5.41, 5.74) is 3.87. The van der Waals surface area contributed by atoms with E-state index in [4.69, 9.17) is 4.52 Å². The van der Waals surface area contributed by atoms with Crippen LogP contribution in [0.3, 0.4) is 0 Å². The first-order valence-electron chi connectivity index (χ1n) is 12.4. The molecule has 0 aromatic heterocycles. The Morgan fingerprint density at radius 2 is 0.889 bits per heavy atom. The first-order valence-corrected chi connectivity index (χ1v) is 14.0. The van der Waals surface area contributed by atoms with Crippen LogP contribution in [0.5, 0.6) is 0 Å². The van der Waals surface area contributed by atoms with Gasteiger partial charge in [0.15, 0.2) is 0 Å². The van der Waals surface area contributed by atoms with Crippen LogP contribution in [0.1, 0.15) is 125 Å². The van der Waals surface area contributed by atoms with Gasteiger partial charge in [-0.05, 0) is 62.0 Å². The van der Waals surface area contributed by atoms with E-state index in [0.29, 0.717) is 0 Å². The van der Waals surface area contributed by atoms with E-state index >= 15 is 0 Å². The summed E-state index contributed by atoms with van der Waals surface area (Å²) in [7, 11) is -4.85. The molecular formula is C30H48LiO4P. The largest absolute Gasteiger partial charge is 1.00 e. The second-order valence-corrected chi connectivity index (χ2v) is 15.3. The molecule has 0 bridgehead atoms. The molecule has 0 heterocycles. The first-order chi connectivity index (χ1) is 15.4. The monoisotopic (exact) mass is 510 g/mol. The SMILES string of the molecule is CC(C)(C)c1ccc(C(C)(OP(=O)(O)O)c2ccc(C(C)(C)C)cc2C(C)(C)C)c(C(C)(C)C)c1.[H-].[Li+]. The molecule has 198 valence electrons. The Kier molecular flexibility index (Phi) is 9.56. The summed E-state index contributed by atoms with van der Waals surface area (Å²) < 4.78 is 18.2. The van der Waals surface area contributed by atoms with Crippen molar-refractivity contribution in [3.05, 3.63) is 69.8 Å². The molecule has 0 spiro atoms. The average Bonchev–Trinajstić information content (AvgIpc) is 2.62. The van der Waals surface area contributed by atoms with Gasteiger partial charge in [-0.2, -0.15) is 0 Å². The van der Waals surface area contributed by atoms with Crippen molar-refractivity contribution in [2.45, 2.75) is 117 Å². The van der Waals surface area contributed by atoms with E-state index in [1.54, 1.807) is 6.92 Å². The van der Waals surface area contributed by atoms with Gasteiger partial charge in [-0.15, -0.1) is 0 Å². The number of phosphoric ester groups is 1. The van der Waals surface area contributed by atoms with Gasteiger partial charge >= 0.3 is 26.7 Å². The second-order valence-electron chi connectivity index (χ2n) is 14.1. The van der Waals surface area contributed by atoms with Crippen LogP contribution in [0.2, 0.25) is 0 Å².